The van der Waals surface area contributed by atoms with E-state index in [1.165, 1.54) is 49.5 Å². The fraction of sp³-hybridized carbons (Fsp3) is 0.769. The van der Waals surface area contributed by atoms with Crippen LogP contribution < -0.4 is 5.32 Å². The second-order valence-corrected chi connectivity index (χ2v) is 6.30. The van der Waals surface area contributed by atoms with Crippen molar-refractivity contribution in [1.82, 2.24) is 15.2 Å². The molecule has 17 heavy (non-hydrogen) atoms. The van der Waals surface area contributed by atoms with E-state index in [2.05, 4.69) is 22.6 Å². The number of piperidine rings is 1. The maximum absolute atomic E-state index is 4.80. The summed E-state index contributed by atoms with van der Waals surface area (Å²) in [4.78, 5) is 7.21. The molecule has 0 bridgehead atoms. The standard InChI is InChI=1S/C13H21N3S/c1-16-6-4-10(5-7-16)13-15-12(9-17-13)8-14-11-2-3-11/h9-11,14H,2-8H2,1H3. The largest absolute Gasteiger partial charge is 0.308 e. The highest BCUT2D eigenvalue weighted by molar-refractivity contribution is 7.09. The van der Waals surface area contributed by atoms with E-state index in [-0.39, 0.29) is 0 Å². The van der Waals surface area contributed by atoms with Crippen molar-refractivity contribution in [3.05, 3.63) is 16.1 Å². The van der Waals surface area contributed by atoms with Crippen LogP contribution in [0.4, 0.5) is 0 Å². The monoisotopic (exact) mass is 251 g/mol. The Kier molecular flexibility index (Phi) is 3.45. The van der Waals surface area contributed by atoms with Crippen molar-refractivity contribution in [2.24, 2.45) is 0 Å². The third-order valence-corrected chi connectivity index (χ3v) is 4.84. The molecule has 0 atom stereocenters. The number of nitrogens with zero attached hydrogens (tertiary/aromatic N) is 2. The number of likely N-dealkylation sites (tertiary alicyclic amines) is 1. The molecule has 1 saturated heterocycles. The van der Waals surface area contributed by atoms with Gasteiger partial charge >= 0.3 is 0 Å². The van der Waals surface area contributed by atoms with Crippen LogP contribution >= 0.6 is 11.3 Å². The molecule has 0 amide bonds. The van der Waals surface area contributed by atoms with Gasteiger partial charge in [0, 0.05) is 23.9 Å². The lowest BCUT2D eigenvalue weighted by molar-refractivity contribution is 0.255. The minimum absolute atomic E-state index is 0.714. The maximum Gasteiger partial charge on any atom is 0.0960 e. The van der Waals surface area contributed by atoms with Crippen LogP contribution in [0, 0.1) is 0 Å². The molecule has 1 aliphatic heterocycles. The minimum atomic E-state index is 0.714. The third-order valence-electron chi connectivity index (χ3n) is 3.79. The molecule has 0 spiro atoms. The van der Waals surface area contributed by atoms with Gasteiger partial charge in [0.15, 0.2) is 0 Å². The van der Waals surface area contributed by atoms with Crippen molar-refractivity contribution in [3.63, 3.8) is 0 Å². The van der Waals surface area contributed by atoms with Crippen LogP contribution in [-0.2, 0) is 6.54 Å². The van der Waals surface area contributed by atoms with Crippen molar-refractivity contribution in [2.75, 3.05) is 20.1 Å². The summed E-state index contributed by atoms with van der Waals surface area (Å²) in [5, 5.41) is 7.14. The summed E-state index contributed by atoms with van der Waals surface area (Å²) in [6.07, 6.45) is 5.26. The SMILES string of the molecule is CN1CCC(c2nc(CNC3CC3)cs2)CC1. The normalized spacial score (nSPS) is 23.1. The van der Waals surface area contributed by atoms with Crippen LogP contribution in [0.15, 0.2) is 5.38 Å². The van der Waals surface area contributed by atoms with Crippen molar-refractivity contribution in [1.29, 1.82) is 0 Å². The predicted molar refractivity (Wildman–Crippen MR) is 71.4 cm³/mol. The molecule has 2 aliphatic rings. The van der Waals surface area contributed by atoms with E-state index in [1.807, 2.05) is 11.3 Å². The number of rotatable bonds is 4. The van der Waals surface area contributed by atoms with Gasteiger partial charge in [-0.2, -0.15) is 0 Å². The number of hydrogen-bond acceptors (Lipinski definition) is 4. The zero-order valence-electron chi connectivity index (χ0n) is 10.5. The van der Waals surface area contributed by atoms with Crippen LogP contribution in [0.5, 0.6) is 0 Å². The van der Waals surface area contributed by atoms with Crippen LogP contribution in [0.2, 0.25) is 0 Å². The number of thiazole rings is 1. The summed E-state index contributed by atoms with van der Waals surface area (Å²) >= 11 is 1.86. The fourth-order valence-electron chi connectivity index (χ4n) is 2.38. The molecule has 0 aromatic carbocycles. The van der Waals surface area contributed by atoms with E-state index in [4.69, 9.17) is 4.98 Å². The Morgan fingerprint density at radius 1 is 1.35 bits per heavy atom. The molecule has 1 aliphatic carbocycles. The highest BCUT2D eigenvalue weighted by Crippen LogP contribution is 2.30. The van der Waals surface area contributed by atoms with Gasteiger partial charge in [-0.3, -0.25) is 0 Å². The highest BCUT2D eigenvalue weighted by atomic mass is 32.1. The Bertz CT molecular complexity index is 364. The quantitative estimate of drug-likeness (QED) is 0.889. The second kappa shape index (κ2) is 5.04. The van der Waals surface area contributed by atoms with Gasteiger partial charge in [-0.15, -0.1) is 11.3 Å². The molecule has 3 nitrogen and oxygen atoms in total. The maximum atomic E-state index is 4.80. The number of hydrogen-bond donors (Lipinski definition) is 1. The molecule has 1 saturated carbocycles. The first-order chi connectivity index (χ1) is 8.31. The summed E-state index contributed by atoms with van der Waals surface area (Å²) < 4.78 is 0. The zero-order chi connectivity index (χ0) is 11.7. The molecule has 1 N–H and O–H groups in total. The van der Waals surface area contributed by atoms with Gasteiger partial charge in [0.1, 0.15) is 0 Å². The van der Waals surface area contributed by atoms with E-state index < -0.39 is 0 Å². The first-order valence-corrected chi connectivity index (χ1v) is 7.55. The minimum Gasteiger partial charge on any atom is -0.308 e. The first-order valence-electron chi connectivity index (χ1n) is 6.67. The van der Waals surface area contributed by atoms with Gasteiger partial charge < -0.3 is 10.2 Å². The van der Waals surface area contributed by atoms with E-state index in [9.17, 15) is 0 Å². The average molecular weight is 251 g/mol. The molecule has 0 unspecified atom stereocenters. The summed E-state index contributed by atoms with van der Waals surface area (Å²) in [7, 11) is 2.21. The summed E-state index contributed by atoms with van der Waals surface area (Å²) in [6.45, 7) is 3.41. The Hall–Kier alpha value is -0.450. The Labute approximate surface area is 107 Å². The molecule has 94 valence electrons. The van der Waals surface area contributed by atoms with Gasteiger partial charge in [0.05, 0.1) is 10.7 Å². The summed E-state index contributed by atoms with van der Waals surface area (Å²) in [6, 6.07) is 0.781. The predicted octanol–water partition coefficient (Wildman–Crippen LogP) is 2.20. The van der Waals surface area contributed by atoms with Gasteiger partial charge in [-0.25, -0.2) is 4.98 Å². The molecule has 4 heteroatoms. The van der Waals surface area contributed by atoms with Crippen molar-refractivity contribution < 1.29 is 0 Å². The molecular weight excluding hydrogens is 230 g/mol. The van der Waals surface area contributed by atoms with Gasteiger partial charge in [0.25, 0.3) is 0 Å². The molecule has 3 rings (SSSR count). The number of aromatic nitrogens is 1. The fourth-order valence-corrected chi connectivity index (χ4v) is 3.37. The zero-order valence-corrected chi connectivity index (χ0v) is 11.3. The van der Waals surface area contributed by atoms with Crippen LogP contribution in [0.25, 0.3) is 0 Å². The van der Waals surface area contributed by atoms with Crippen molar-refractivity contribution in [3.8, 4) is 0 Å². The summed E-state index contributed by atoms with van der Waals surface area (Å²) in [5.74, 6) is 0.714. The highest BCUT2D eigenvalue weighted by Gasteiger charge is 2.22. The van der Waals surface area contributed by atoms with Gasteiger partial charge in [-0.1, -0.05) is 0 Å². The molecule has 0 radical (unpaired) electrons. The third kappa shape index (κ3) is 3.06. The van der Waals surface area contributed by atoms with E-state index in [0.717, 1.165) is 12.6 Å². The lowest BCUT2D eigenvalue weighted by atomic mass is 9.98. The van der Waals surface area contributed by atoms with Crippen LogP contribution in [0.1, 0.15) is 42.3 Å². The molecule has 1 aromatic rings. The smallest absolute Gasteiger partial charge is 0.0960 e. The number of nitrogens with one attached hydrogen (secondary N) is 1. The first kappa shape index (κ1) is 11.6. The Balaban J connectivity index is 1.55. The lowest BCUT2D eigenvalue weighted by Gasteiger charge is -2.27. The van der Waals surface area contributed by atoms with E-state index in [1.54, 1.807) is 0 Å². The van der Waals surface area contributed by atoms with Crippen LogP contribution in [-0.4, -0.2) is 36.1 Å². The lowest BCUT2D eigenvalue weighted by Crippen LogP contribution is -2.29. The molecule has 2 fully saturated rings. The Morgan fingerprint density at radius 3 is 2.82 bits per heavy atom. The molecule has 2 heterocycles. The van der Waals surface area contributed by atoms with Gasteiger partial charge in [0.2, 0.25) is 0 Å². The molecule has 1 aromatic heterocycles. The van der Waals surface area contributed by atoms with E-state index in [0.29, 0.717) is 5.92 Å². The average Bonchev–Trinajstić information content (AvgIpc) is 3.06. The summed E-state index contributed by atoms with van der Waals surface area (Å²) in [5.41, 5.74) is 1.25. The second-order valence-electron chi connectivity index (χ2n) is 5.41. The van der Waals surface area contributed by atoms with Gasteiger partial charge in [-0.05, 0) is 45.8 Å². The topological polar surface area (TPSA) is 28.2 Å². The Morgan fingerprint density at radius 2 is 2.12 bits per heavy atom. The van der Waals surface area contributed by atoms with Crippen molar-refractivity contribution >= 4 is 11.3 Å². The van der Waals surface area contributed by atoms with E-state index >= 15 is 0 Å². The van der Waals surface area contributed by atoms with Crippen LogP contribution in [0.3, 0.4) is 0 Å². The molecular formula is C13H21N3S. The van der Waals surface area contributed by atoms with Crippen molar-refractivity contribution in [2.45, 2.75) is 44.2 Å².